The molecular formula is C26H23N3O5. The van der Waals surface area contributed by atoms with Gasteiger partial charge in [0.05, 0.1) is 5.56 Å². The number of carboxylic acids is 1. The van der Waals surface area contributed by atoms with Gasteiger partial charge in [0.25, 0.3) is 5.91 Å². The Morgan fingerprint density at radius 2 is 1.94 bits per heavy atom. The second-order valence-corrected chi connectivity index (χ2v) is 8.15. The first kappa shape index (κ1) is 22.7. The van der Waals surface area contributed by atoms with Gasteiger partial charge in [0.15, 0.2) is 0 Å². The summed E-state index contributed by atoms with van der Waals surface area (Å²) in [6.07, 6.45) is 7.95. The van der Waals surface area contributed by atoms with E-state index in [0.29, 0.717) is 12.1 Å². The van der Waals surface area contributed by atoms with Gasteiger partial charge >= 0.3 is 12.0 Å². The Labute approximate surface area is 196 Å². The van der Waals surface area contributed by atoms with Crippen LogP contribution in [-0.2, 0) is 9.59 Å². The molecule has 4 rings (SSSR count). The van der Waals surface area contributed by atoms with E-state index in [9.17, 15) is 19.2 Å². The van der Waals surface area contributed by atoms with E-state index in [1.807, 2.05) is 31.2 Å². The maximum absolute atomic E-state index is 12.8. The predicted octanol–water partition coefficient (Wildman–Crippen LogP) is 3.73. The second-order valence-electron chi connectivity index (χ2n) is 8.15. The maximum atomic E-state index is 12.8. The van der Waals surface area contributed by atoms with Gasteiger partial charge in [0.2, 0.25) is 5.91 Å². The molecule has 34 heavy (non-hydrogen) atoms. The van der Waals surface area contributed by atoms with Crippen molar-refractivity contribution in [2.24, 2.45) is 5.92 Å². The van der Waals surface area contributed by atoms with Crippen LogP contribution in [0.4, 0.5) is 10.5 Å². The Morgan fingerprint density at radius 1 is 1.18 bits per heavy atom. The van der Waals surface area contributed by atoms with Crippen LogP contribution in [0.5, 0.6) is 0 Å². The molecule has 1 atom stereocenters. The van der Waals surface area contributed by atoms with E-state index < -0.39 is 30.4 Å². The summed E-state index contributed by atoms with van der Waals surface area (Å²) in [7, 11) is 0. The average Bonchev–Trinajstić information content (AvgIpc) is 3.06. The Morgan fingerprint density at radius 3 is 2.65 bits per heavy atom. The molecule has 1 saturated heterocycles. The number of carbonyl (C=O) groups excluding carboxylic acids is 3. The van der Waals surface area contributed by atoms with Crippen LogP contribution in [0.1, 0.15) is 27.9 Å². The number of allylic oxidation sites excluding steroid dienone is 5. The zero-order chi connectivity index (χ0) is 24.2. The van der Waals surface area contributed by atoms with Gasteiger partial charge in [-0.15, -0.1) is 0 Å². The summed E-state index contributed by atoms with van der Waals surface area (Å²) in [6.45, 7) is 1.51. The van der Waals surface area contributed by atoms with Crippen LogP contribution in [0.3, 0.4) is 0 Å². The largest absolute Gasteiger partial charge is 0.478 e. The number of carboxylic acid groups (broad SMARTS) is 1. The Hall–Kier alpha value is -4.46. The molecule has 1 aliphatic heterocycles. The van der Waals surface area contributed by atoms with Crippen molar-refractivity contribution in [3.8, 4) is 0 Å². The standard InChI is InChI=1S/C26H23N3O5/c1-16-4-2-7-21(12-16)27-23(30)15-29-24(31)22(28-26(29)34)14-17-5-3-6-20(13-17)18-8-10-19(11-9-18)25(32)33/h2-12,14,17H,13,15H2,1H3,(H,27,30)(H,28,34)(H,32,33)/b22-14-. The lowest BCUT2D eigenvalue weighted by molar-refractivity contribution is -0.127. The van der Waals surface area contributed by atoms with E-state index in [0.717, 1.165) is 21.6 Å². The summed E-state index contributed by atoms with van der Waals surface area (Å²) >= 11 is 0. The Kier molecular flexibility index (Phi) is 6.40. The molecule has 2 aromatic rings. The van der Waals surface area contributed by atoms with Crippen LogP contribution >= 0.6 is 0 Å². The number of nitrogens with one attached hydrogen (secondary N) is 2. The highest BCUT2D eigenvalue weighted by Crippen LogP contribution is 2.29. The van der Waals surface area contributed by atoms with Crippen molar-refractivity contribution in [2.75, 3.05) is 11.9 Å². The van der Waals surface area contributed by atoms with Gasteiger partial charge in [-0.25, -0.2) is 14.5 Å². The summed E-state index contributed by atoms with van der Waals surface area (Å²) in [4.78, 5) is 49.4. The number of carbonyl (C=O) groups is 4. The van der Waals surface area contributed by atoms with Crippen molar-refractivity contribution in [2.45, 2.75) is 13.3 Å². The number of aryl methyl sites for hydroxylation is 1. The lowest BCUT2D eigenvalue weighted by Gasteiger charge is -2.16. The summed E-state index contributed by atoms with van der Waals surface area (Å²) < 4.78 is 0. The third-order valence-electron chi connectivity index (χ3n) is 5.56. The average molecular weight is 457 g/mol. The highest BCUT2D eigenvalue weighted by molar-refractivity contribution is 6.14. The van der Waals surface area contributed by atoms with Gasteiger partial charge in [-0.1, -0.05) is 42.5 Å². The van der Waals surface area contributed by atoms with E-state index in [-0.39, 0.29) is 17.2 Å². The van der Waals surface area contributed by atoms with Crippen LogP contribution < -0.4 is 10.6 Å². The minimum absolute atomic E-state index is 0.130. The molecule has 2 aliphatic rings. The van der Waals surface area contributed by atoms with Crippen LogP contribution in [0.25, 0.3) is 5.57 Å². The number of urea groups is 1. The van der Waals surface area contributed by atoms with Gasteiger partial charge in [0, 0.05) is 11.6 Å². The molecule has 0 bridgehead atoms. The number of aromatic carboxylic acids is 1. The van der Waals surface area contributed by atoms with E-state index in [2.05, 4.69) is 10.6 Å². The minimum atomic E-state index is -0.987. The van der Waals surface area contributed by atoms with Gasteiger partial charge in [-0.3, -0.25) is 9.59 Å². The molecule has 1 aliphatic carbocycles. The van der Waals surface area contributed by atoms with Crippen molar-refractivity contribution in [3.05, 3.63) is 95.2 Å². The van der Waals surface area contributed by atoms with Gasteiger partial charge < -0.3 is 15.7 Å². The van der Waals surface area contributed by atoms with E-state index >= 15 is 0 Å². The number of benzene rings is 2. The van der Waals surface area contributed by atoms with Crippen molar-refractivity contribution in [1.29, 1.82) is 0 Å². The molecule has 0 spiro atoms. The molecule has 172 valence electrons. The monoisotopic (exact) mass is 457 g/mol. The molecule has 1 heterocycles. The first-order chi connectivity index (χ1) is 16.3. The molecule has 0 radical (unpaired) electrons. The van der Waals surface area contributed by atoms with Gasteiger partial charge in [-0.2, -0.15) is 0 Å². The van der Waals surface area contributed by atoms with Gasteiger partial charge in [-0.05, 0) is 60.4 Å². The highest BCUT2D eigenvalue weighted by Gasteiger charge is 2.35. The van der Waals surface area contributed by atoms with E-state index in [1.54, 1.807) is 48.5 Å². The number of nitrogens with zero attached hydrogens (tertiary/aromatic N) is 1. The van der Waals surface area contributed by atoms with Crippen molar-refractivity contribution >= 4 is 35.1 Å². The lowest BCUT2D eigenvalue weighted by atomic mass is 9.89. The topological polar surface area (TPSA) is 116 Å². The molecule has 1 fully saturated rings. The molecule has 3 N–H and O–H groups in total. The summed E-state index contributed by atoms with van der Waals surface area (Å²) in [6, 6.07) is 13.2. The third kappa shape index (κ3) is 5.12. The molecule has 8 heteroatoms. The molecule has 1 unspecified atom stereocenters. The minimum Gasteiger partial charge on any atom is -0.478 e. The molecular weight excluding hydrogens is 434 g/mol. The Balaban J connectivity index is 1.40. The normalized spacial score (nSPS) is 18.6. The van der Waals surface area contributed by atoms with Crippen molar-refractivity contribution < 1.29 is 24.3 Å². The number of hydrogen-bond donors (Lipinski definition) is 3. The predicted molar refractivity (Wildman–Crippen MR) is 127 cm³/mol. The quantitative estimate of drug-likeness (QED) is 0.452. The SMILES string of the molecule is Cc1cccc(NC(=O)CN2C(=O)N/C(=C\C3C=CC=C(c4ccc(C(=O)O)cc4)C3)C2=O)c1. The number of hydrogen-bond acceptors (Lipinski definition) is 4. The number of anilines is 1. The number of rotatable bonds is 6. The Bertz CT molecular complexity index is 1260. The van der Waals surface area contributed by atoms with Crippen molar-refractivity contribution in [3.63, 3.8) is 0 Å². The second kappa shape index (κ2) is 9.58. The molecule has 4 amide bonds. The summed E-state index contributed by atoms with van der Waals surface area (Å²) in [5.74, 6) is -2.17. The third-order valence-corrected chi connectivity index (χ3v) is 5.56. The molecule has 0 aromatic heterocycles. The fourth-order valence-electron chi connectivity index (χ4n) is 3.87. The molecule has 2 aromatic carbocycles. The van der Waals surface area contributed by atoms with Crippen molar-refractivity contribution in [1.82, 2.24) is 10.2 Å². The first-order valence-corrected chi connectivity index (χ1v) is 10.7. The van der Waals surface area contributed by atoms with Crippen LogP contribution in [0.2, 0.25) is 0 Å². The molecule has 8 nitrogen and oxygen atoms in total. The lowest BCUT2D eigenvalue weighted by Crippen LogP contribution is -2.38. The van der Waals surface area contributed by atoms with E-state index in [4.69, 9.17) is 5.11 Å². The van der Waals surface area contributed by atoms with E-state index in [1.165, 1.54) is 0 Å². The van der Waals surface area contributed by atoms with Crippen LogP contribution in [0.15, 0.2) is 78.5 Å². The van der Waals surface area contributed by atoms with Gasteiger partial charge in [0.1, 0.15) is 12.2 Å². The zero-order valence-corrected chi connectivity index (χ0v) is 18.4. The number of amides is 4. The molecule has 0 saturated carbocycles. The fourth-order valence-corrected chi connectivity index (χ4v) is 3.87. The fraction of sp³-hybridized carbons (Fsp3) is 0.154. The smallest absolute Gasteiger partial charge is 0.335 e. The first-order valence-electron chi connectivity index (χ1n) is 10.7. The maximum Gasteiger partial charge on any atom is 0.335 e. The van der Waals surface area contributed by atoms with Crippen LogP contribution in [0, 0.1) is 12.8 Å². The van der Waals surface area contributed by atoms with Crippen LogP contribution in [-0.4, -0.2) is 40.4 Å². The highest BCUT2D eigenvalue weighted by atomic mass is 16.4. The zero-order valence-electron chi connectivity index (χ0n) is 18.4. The summed E-state index contributed by atoms with van der Waals surface area (Å²) in [5, 5.41) is 14.3. The summed E-state index contributed by atoms with van der Waals surface area (Å²) in [5.41, 5.74) is 3.77. The number of imide groups is 1.